The van der Waals surface area contributed by atoms with Crippen molar-refractivity contribution in [1.29, 1.82) is 0 Å². The normalized spacial score (nSPS) is 14.8. The molecule has 1 aromatic carbocycles. The molecule has 1 N–H and O–H groups in total. The fraction of sp³-hybridized carbons (Fsp3) is 0.300. The third kappa shape index (κ3) is 5.33. The van der Waals surface area contributed by atoms with Gasteiger partial charge in [0.25, 0.3) is 11.1 Å². The van der Waals surface area contributed by atoms with Gasteiger partial charge >= 0.3 is 0 Å². The molecule has 0 saturated carbocycles. The number of morpholine rings is 1. The number of rotatable bonds is 7. The van der Waals surface area contributed by atoms with Crippen molar-refractivity contribution in [2.75, 3.05) is 32.1 Å². The van der Waals surface area contributed by atoms with E-state index in [1.165, 1.54) is 16.4 Å². The van der Waals surface area contributed by atoms with Crippen molar-refractivity contribution in [3.63, 3.8) is 0 Å². The average molecular weight is 492 g/mol. The summed E-state index contributed by atoms with van der Waals surface area (Å²) in [7, 11) is -1.97. The predicted octanol–water partition coefficient (Wildman–Crippen LogP) is 1.14. The number of hydrogen-bond donors (Lipinski definition) is 1. The first-order chi connectivity index (χ1) is 15.8. The molecular formula is C20H21N5O6S2. The highest BCUT2D eigenvalue weighted by Crippen LogP contribution is 2.26. The highest BCUT2D eigenvalue weighted by molar-refractivity contribution is 7.99. The monoisotopic (exact) mass is 491 g/mol. The molecule has 1 aliphatic rings. The standard InChI is InChI=1S/C20H21N5O6S2/c1-24-7-3-6-16(24)18(27)21-17(26)13-32-20-23-22-19(31-20)14-4-2-5-15(12-14)33(28,29)25-8-10-30-11-9-25/h2-7,12H,8-11,13H2,1H3,(H,21,26,27). The SMILES string of the molecule is Cn1cccc1C(=O)NC(=O)CSc1nnc(-c2cccc(S(=O)(=O)N3CCOCC3)c2)o1. The van der Waals surface area contributed by atoms with Crippen LogP contribution in [0.15, 0.2) is 57.1 Å². The summed E-state index contributed by atoms with van der Waals surface area (Å²) in [4.78, 5) is 24.3. The Labute approximate surface area is 194 Å². The van der Waals surface area contributed by atoms with Gasteiger partial charge < -0.3 is 13.7 Å². The number of carbonyl (C=O) groups excluding carboxylic acids is 2. The number of carbonyl (C=O) groups is 2. The summed E-state index contributed by atoms with van der Waals surface area (Å²) in [5.41, 5.74) is 0.798. The van der Waals surface area contributed by atoms with Crippen molar-refractivity contribution >= 4 is 33.6 Å². The van der Waals surface area contributed by atoms with E-state index in [9.17, 15) is 18.0 Å². The van der Waals surface area contributed by atoms with Crippen molar-refractivity contribution in [2.45, 2.75) is 10.1 Å². The maximum absolute atomic E-state index is 12.9. The molecular weight excluding hydrogens is 470 g/mol. The number of benzene rings is 1. The minimum absolute atomic E-state index is 0.108. The van der Waals surface area contributed by atoms with E-state index in [0.717, 1.165) is 11.8 Å². The van der Waals surface area contributed by atoms with Crippen LogP contribution in [0.2, 0.25) is 0 Å². The lowest BCUT2D eigenvalue weighted by Crippen LogP contribution is -2.40. The highest BCUT2D eigenvalue weighted by Gasteiger charge is 2.27. The Morgan fingerprint density at radius 1 is 1.15 bits per heavy atom. The van der Waals surface area contributed by atoms with Gasteiger partial charge in [0.15, 0.2) is 0 Å². The van der Waals surface area contributed by atoms with Gasteiger partial charge in [0.05, 0.1) is 23.9 Å². The van der Waals surface area contributed by atoms with Crippen LogP contribution in [0.1, 0.15) is 10.5 Å². The zero-order valence-electron chi connectivity index (χ0n) is 17.6. The summed E-state index contributed by atoms with van der Waals surface area (Å²) < 4.78 is 39.5. The molecule has 1 saturated heterocycles. The number of imide groups is 1. The molecule has 3 aromatic rings. The summed E-state index contributed by atoms with van der Waals surface area (Å²) in [6.45, 7) is 1.30. The lowest BCUT2D eigenvalue weighted by atomic mass is 10.2. The van der Waals surface area contributed by atoms with Gasteiger partial charge in [-0.15, -0.1) is 10.2 Å². The Hall–Kier alpha value is -3.00. The molecule has 1 fully saturated rings. The number of sulfonamides is 1. The van der Waals surface area contributed by atoms with Crippen LogP contribution in [-0.2, 0) is 26.6 Å². The van der Waals surface area contributed by atoms with Gasteiger partial charge in [0, 0.05) is 31.9 Å². The fourth-order valence-corrected chi connectivity index (χ4v) is 5.18. The third-order valence-corrected chi connectivity index (χ3v) is 7.56. The first-order valence-electron chi connectivity index (χ1n) is 9.95. The number of nitrogens with one attached hydrogen (secondary N) is 1. The maximum atomic E-state index is 12.9. The van der Waals surface area contributed by atoms with Crippen LogP contribution >= 0.6 is 11.8 Å². The average Bonchev–Trinajstić information content (AvgIpc) is 3.47. The number of thioether (sulfide) groups is 1. The molecule has 4 rings (SSSR count). The third-order valence-electron chi connectivity index (χ3n) is 4.85. The van der Waals surface area contributed by atoms with Gasteiger partial charge in [-0.1, -0.05) is 17.8 Å². The van der Waals surface area contributed by atoms with Gasteiger partial charge in [0.2, 0.25) is 21.8 Å². The summed E-state index contributed by atoms with van der Waals surface area (Å²) in [5, 5.41) is 10.3. The van der Waals surface area contributed by atoms with E-state index < -0.39 is 21.8 Å². The lowest BCUT2D eigenvalue weighted by molar-refractivity contribution is -0.117. The van der Waals surface area contributed by atoms with Crippen molar-refractivity contribution in [3.8, 4) is 11.5 Å². The Kier molecular flexibility index (Phi) is 6.93. The largest absolute Gasteiger partial charge is 0.411 e. The summed E-state index contributed by atoms with van der Waals surface area (Å²) in [6.07, 6.45) is 1.70. The van der Waals surface area contributed by atoms with E-state index in [-0.39, 0.29) is 21.8 Å². The molecule has 3 heterocycles. The van der Waals surface area contributed by atoms with Crippen LogP contribution in [0.3, 0.4) is 0 Å². The molecule has 1 aliphatic heterocycles. The van der Waals surface area contributed by atoms with E-state index >= 15 is 0 Å². The molecule has 0 bridgehead atoms. The van der Waals surface area contributed by atoms with E-state index in [2.05, 4.69) is 15.5 Å². The zero-order valence-corrected chi connectivity index (χ0v) is 19.3. The van der Waals surface area contributed by atoms with Crippen molar-refractivity contribution in [1.82, 2.24) is 24.4 Å². The maximum Gasteiger partial charge on any atom is 0.277 e. The molecule has 33 heavy (non-hydrogen) atoms. The minimum atomic E-state index is -3.67. The van der Waals surface area contributed by atoms with Crippen LogP contribution in [0.4, 0.5) is 0 Å². The molecule has 0 aliphatic carbocycles. The zero-order chi connectivity index (χ0) is 23.4. The lowest BCUT2D eigenvalue weighted by Gasteiger charge is -2.26. The predicted molar refractivity (Wildman–Crippen MR) is 118 cm³/mol. The molecule has 13 heteroatoms. The second kappa shape index (κ2) is 9.87. The fourth-order valence-electron chi connectivity index (χ4n) is 3.16. The van der Waals surface area contributed by atoms with Gasteiger partial charge in [0.1, 0.15) is 5.69 Å². The van der Waals surface area contributed by atoms with E-state index in [1.807, 2.05) is 0 Å². The van der Waals surface area contributed by atoms with Crippen molar-refractivity contribution < 1.29 is 27.2 Å². The number of nitrogens with zero attached hydrogens (tertiary/aromatic N) is 4. The molecule has 2 aromatic heterocycles. The second-order valence-corrected chi connectivity index (χ2v) is 9.95. The quantitative estimate of drug-likeness (QED) is 0.483. The summed E-state index contributed by atoms with van der Waals surface area (Å²) in [6, 6.07) is 9.54. The Bertz CT molecular complexity index is 1260. The number of ether oxygens (including phenoxy) is 1. The second-order valence-electron chi connectivity index (χ2n) is 7.09. The van der Waals surface area contributed by atoms with E-state index in [0.29, 0.717) is 37.6 Å². The van der Waals surface area contributed by atoms with Gasteiger partial charge in [-0.25, -0.2) is 8.42 Å². The molecule has 2 amide bonds. The molecule has 0 spiro atoms. The van der Waals surface area contributed by atoms with Gasteiger partial charge in [-0.05, 0) is 30.3 Å². The summed E-state index contributed by atoms with van der Waals surface area (Å²) in [5.74, 6) is -0.998. The Morgan fingerprint density at radius 2 is 1.94 bits per heavy atom. The smallest absolute Gasteiger partial charge is 0.277 e. The van der Waals surface area contributed by atoms with Crippen molar-refractivity contribution in [3.05, 3.63) is 48.3 Å². The Balaban J connectivity index is 1.39. The number of aromatic nitrogens is 3. The van der Waals surface area contributed by atoms with E-state index in [4.69, 9.17) is 9.15 Å². The first-order valence-corrected chi connectivity index (χ1v) is 12.4. The topological polar surface area (TPSA) is 137 Å². The number of aryl methyl sites for hydroxylation is 1. The van der Waals surface area contributed by atoms with Crippen LogP contribution in [-0.4, -0.2) is 71.4 Å². The van der Waals surface area contributed by atoms with Crippen LogP contribution in [0.5, 0.6) is 0 Å². The van der Waals surface area contributed by atoms with Crippen LogP contribution in [0.25, 0.3) is 11.5 Å². The molecule has 0 atom stereocenters. The number of amides is 2. The van der Waals surface area contributed by atoms with Crippen LogP contribution < -0.4 is 5.32 Å². The molecule has 0 radical (unpaired) electrons. The first kappa shape index (κ1) is 23.2. The van der Waals surface area contributed by atoms with Crippen LogP contribution in [0, 0.1) is 0 Å². The van der Waals surface area contributed by atoms with Gasteiger partial charge in [-0.3, -0.25) is 14.9 Å². The van der Waals surface area contributed by atoms with E-state index in [1.54, 1.807) is 42.1 Å². The van der Waals surface area contributed by atoms with Gasteiger partial charge in [-0.2, -0.15) is 4.31 Å². The van der Waals surface area contributed by atoms with Crippen molar-refractivity contribution in [2.24, 2.45) is 7.05 Å². The minimum Gasteiger partial charge on any atom is -0.411 e. The molecule has 11 nitrogen and oxygen atoms in total. The molecule has 0 unspecified atom stereocenters. The highest BCUT2D eigenvalue weighted by atomic mass is 32.2. The molecule has 174 valence electrons. The summed E-state index contributed by atoms with van der Waals surface area (Å²) >= 11 is 0.968. The Morgan fingerprint density at radius 3 is 2.67 bits per heavy atom. The number of hydrogen-bond acceptors (Lipinski definition) is 9.